The summed E-state index contributed by atoms with van der Waals surface area (Å²) in [6.07, 6.45) is 4.40. The van der Waals surface area contributed by atoms with E-state index in [2.05, 4.69) is 21.6 Å². The molecule has 0 saturated heterocycles. The molecule has 1 aromatic heterocycles. The summed E-state index contributed by atoms with van der Waals surface area (Å²) < 4.78 is 0. The summed E-state index contributed by atoms with van der Waals surface area (Å²) in [5, 5.41) is 30.0. The molecule has 2 atom stereocenters. The van der Waals surface area contributed by atoms with Gasteiger partial charge in [0.25, 0.3) is 0 Å². The van der Waals surface area contributed by atoms with Gasteiger partial charge in [-0.05, 0) is 32.3 Å². The van der Waals surface area contributed by atoms with E-state index in [-0.39, 0.29) is 6.04 Å². The minimum atomic E-state index is -0.787. The fraction of sp³-hybridized carbons (Fsp3) is 0.600. The number of aliphatic carboxylic acids is 1. The second-order valence-electron chi connectivity index (χ2n) is 5.58. The molecule has 6 nitrogen and oxygen atoms in total. The SMILES string of the molecule is Cc1nnc(NC2CCCCCC2C(=O)O)c(C#N)c1C. The van der Waals surface area contributed by atoms with Gasteiger partial charge in [-0.25, -0.2) is 0 Å². The van der Waals surface area contributed by atoms with Gasteiger partial charge < -0.3 is 10.4 Å². The summed E-state index contributed by atoms with van der Waals surface area (Å²) in [7, 11) is 0. The Hall–Kier alpha value is -2.16. The first-order valence-electron chi connectivity index (χ1n) is 7.28. The van der Waals surface area contributed by atoms with Crippen LogP contribution in [0, 0.1) is 31.1 Å². The Bertz CT molecular complexity index is 580. The minimum Gasteiger partial charge on any atom is -0.481 e. The van der Waals surface area contributed by atoms with E-state index in [4.69, 9.17) is 0 Å². The van der Waals surface area contributed by atoms with Crippen molar-refractivity contribution in [2.45, 2.75) is 52.0 Å². The number of anilines is 1. The molecule has 112 valence electrons. The summed E-state index contributed by atoms with van der Waals surface area (Å²) in [6, 6.07) is 1.94. The van der Waals surface area contributed by atoms with E-state index < -0.39 is 11.9 Å². The molecular formula is C15H20N4O2. The lowest BCUT2D eigenvalue weighted by molar-refractivity contribution is -0.142. The standard InChI is InChI=1S/C15H20N4O2/c1-9-10(2)18-19-14(12(9)8-16)17-13-7-5-3-4-6-11(13)15(20)21/h11,13H,3-7H2,1-2H3,(H,17,19)(H,20,21). The molecule has 6 heteroatoms. The summed E-state index contributed by atoms with van der Waals surface area (Å²) in [6.45, 7) is 3.63. The topological polar surface area (TPSA) is 98.9 Å². The van der Waals surface area contributed by atoms with Gasteiger partial charge in [0.05, 0.1) is 11.6 Å². The van der Waals surface area contributed by atoms with Gasteiger partial charge in [-0.3, -0.25) is 4.79 Å². The predicted molar refractivity (Wildman–Crippen MR) is 77.8 cm³/mol. The molecule has 1 fully saturated rings. The molecule has 0 spiro atoms. The summed E-state index contributed by atoms with van der Waals surface area (Å²) in [4.78, 5) is 11.4. The second-order valence-corrected chi connectivity index (χ2v) is 5.58. The van der Waals surface area contributed by atoms with Crippen LogP contribution in [0.15, 0.2) is 0 Å². The molecule has 1 saturated carbocycles. The molecule has 0 bridgehead atoms. The highest BCUT2D eigenvalue weighted by Gasteiger charge is 2.30. The predicted octanol–water partition coefficient (Wildman–Crippen LogP) is 2.41. The van der Waals surface area contributed by atoms with Gasteiger partial charge in [-0.1, -0.05) is 19.3 Å². The first-order chi connectivity index (χ1) is 10.0. The summed E-state index contributed by atoms with van der Waals surface area (Å²) >= 11 is 0. The Labute approximate surface area is 124 Å². The number of carboxylic acids is 1. The number of aromatic nitrogens is 2. The monoisotopic (exact) mass is 288 g/mol. The van der Waals surface area contributed by atoms with Crippen LogP contribution in [0.5, 0.6) is 0 Å². The molecule has 21 heavy (non-hydrogen) atoms. The molecule has 0 aromatic carbocycles. The van der Waals surface area contributed by atoms with Gasteiger partial charge in [-0.15, -0.1) is 5.10 Å². The number of nitrogens with zero attached hydrogens (tertiary/aromatic N) is 3. The number of nitriles is 1. The van der Waals surface area contributed by atoms with Crippen molar-refractivity contribution in [1.82, 2.24) is 10.2 Å². The largest absolute Gasteiger partial charge is 0.481 e. The smallest absolute Gasteiger partial charge is 0.308 e. The van der Waals surface area contributed by atoms with Crippen molar-refractivity contribution < 1.29 is 9.90 Å². The third kappa shape index (κ3) is 3.30. The molecule has 1 aromatic rings. The van der Waals surface area contributed by atoms with Crippen LogP contribution in [0.25, 0.3) is 0 Å². The third-order valence-corrected chi connectivity index (χ3v) is 4.22. The van der Waals surface area contributed by atoms with Gasteiger partial charge in [0.15, 0.2) is 5.82 Å². The fourth-order valence-electron chi connectivity index (χ4n) is 2.80. The maximum Gasteiger partial charge on any atom is 0.308 e. The van der Waals surface area contributed by atoms with E-state index in [1.54, 1.807) is 6.92 Å². The van der Waals surface area contributed by atoms with Crippen molar-refractivity contribution in [1.29, 1.82) is 5.26 Å². The van der Waals surface area contributed by atoms with Crippen LogP contribution < -0.4 is 5.32 Å². The fourth-order valence-corrected chi connectivity index (χ4v) is 2.80. The summed E-state index contributed by atoms with van der Waals surface area (Å²) in [5.74, 6) is -0.828. The highest BCUT2D eigenvalue weighted by Crippen LogP contribution is 2.27. The van der Waals surface area contributed by atoms with Crippen molar-refractivity contribution in [3.05, 3.63) is 16.8 Å². The molecular weight excluding hydrogens is 268 g/mol. The molecule has 2 N–H and O–H groups in total. The van der Waals surface area contributed by atoms with Gasteiger partial charge >= 0.3 is 5.97 Å². The second kappa shape index (κ2) is 6.53. The van der Waals surface area contributed by atoms with Crippen molar-refractivity contribution in [3.8, 4) is 6.07 Å². The number of hydrogen-bond donors (Lipinski definition) is 2. The van der Waals surface area contributed by atoms with Crippen LogP contribution in [-0.4, -0.2) is 27.3 Å². The first kappa shape index (κ1) is 15.2. The number of hydrogen-bond acceptors (Lipinski definition) is 5. The zero-order valence-electron chi connectivity index (χ0n) is 12.4. The van der Waals surface area contributed by atoms with E-state index >= 15 is 0 Å². The van der Waals surface area contributed by atoms with Crippen LogP contribution in [0.1, 0.15) is 48.9 Å². The van der Waals surface area contributed by atoms with Crippen LogP contribution in [0.4, 0.5) is 5.82 Å². The molecule has 1 heterocycles. The Morgan fingerprint density at radius 3 is 2.67 bits per heavy atom. The van der Waals surface area contributed by atoms with Crippen LogP contribution in [0.3, 0.4) is 0 Å². The van der Waals surface area contributed by atoms with E-state index in [1.807, 2.05) is 6.92 Å². The van der Waals surface area contributed by atoms with E-state index in [0.717, 1.165) is 31.2 Å². The molecule has 1 aliphatic rings. The molecule has 2 unspecified atom stereocenters. The number of carboxylic acid groups (broad SMARTS) is 1. The van der Waals surface area contributed by atoms with Crippen molar-refractivity contribution >= 4 is 11.8 Å². The van der Waals surface area contributed by atoms with Gasteiger partial charge in [0, 0.05) is 6.04 Å². The maximum atomic E-state index is 11.4. The Balaban J connectivity index is 2.29. The normalized spacial score (nSPS) is 22.1. The highest BCUT2D eigenvalue weighted by atomic mass is 16.4. The molecule has 1 aliphatic carbocycles. The Morgan fingerprint density at radius 1 is 1.29 bits per heavy atom. The quantitative estimate of drug-likeness (QED) is 0.829. The zero-order valence-corrected chi connectivity index (χ0v) is 12.4. The lowest BCUT2D eigenvalue weighted by Crippen LogP contribution is -2.34. The van der Waals surface area contributed by atoms with Gasteiger partial charge in [0.1, 0.15) is 11.6 Å². The van der Waals surface area contributed by atoms with Crippen LogP contribution in [0.2, 0.25) is 0 Å². The molecule has 0 radical (unpaired) electrons. The van der Waals surface area contributed by atoms with Crippen LogP contribution >= 0.6 is 0 Å². The lowest BCUT2D eigenvalue weighted by atomic mass is 9.94. The lowest BCUT2D eigenvalue weighted by Gasteiger charge is -2.24. The maximum absolute atomic E-state index is 11.4. The Morgan fingerprint density at radius 2 is 2.00 bits per heavy atom. The van der Waals surface area contributed by atoms with Gasteiger partial charge in [0.2, 0.25) is 0 Å². The number of aryl methyl sites for hydroxylation is 1. The average Bonchev–Trinajstić information content (AvgIpc) is 2.69. The van der Waals surface area contributed by atoms with Crippen molar-refractivity contribution in [2.24, 2.45) is 5.92 Å². The third-order valence-electron chi connectivity index (χ3n) is 4.22. The van der Waals surface area contributed by atoms with E-state index in [0.29, 0.717) is 23.5 Å². The van der Waals surface area contributed by atoms with E-state index in [9.17, 15) is 15.2 Å². The van der Waals surface area contributed by atoms with Crippen molar-refractivity contribution in [3.63, 3.8) is 0 Å². The summed E-state index contributed by atoms with van der Waals surface area (Å²) in [5.41, 5.74) is 1.96. The van der Waals surface area contributed by atoms with Gasteiger partial charge in [-0.2, -0.15) is 10.4 Å². The van der Waals surface area contributed by atoms with E-state index in [1.165, 1.54) is 0 Å². The number of rotatable bonds is 3. The molecule has 0 amide bonds. The number of carbonyl (C=O) groups is 1. The number of nitrogens with one attached hydrogen (secondary N) is 1. The molecule has 2 rings (SSSR count). The first-order valence-corrected chi connectivity index (χ1v) is 7.28. The molecule has 0 aliphatic heterocycles. The average molecular weight is 288 g/mol. The zero-order chi connectivity index (χ0) is 15.4. The van der Waals surface area contributed by atoms with Crippen LogP contribution in [-0.2, 0) is 4.79 Å². The Kier molecular flexibility index (Phi) is 4.73. The van der Waals surface area contributed by atoms with Crippen molar-refractivity contribution in [2.75, 3.05) is 5.32 Å². The highest BCUT2D eigenvalue weighted by molar-refractivity contribution is 5.72. The minimum absolute atomic E-state index is 0.200.